The molecule has 106 valence electrons. The highest BCUT2D eigenvalue weighted by molar-refractivity contribution is 9.10. The fourth-order valence-corrected chi connectivity index (χ4v) is 2.07. The van der Waals surface area contributed by atoms with Crippen LogP contribution in [0.1, 0.15) is 15.9 Å². The lowest BCUT2D eigenvalue weighted by Crippen LogP contribution is -2.36. The van der Waals surface area contributed by atoms with Crippen molar-refractivity contribution in [3.05, 3.63) is 33.8 Å². The van der Waals surface area contributed by atoms with Gasteiger partial charge in [0, 0.05) is 37.3 Å². The summed E-state index contributed by atoms with van der Waals surface area (Å²) >= 11 is 3.40. The van der Waals surface area contributed by atoms with E-state index in [4.69, 9.17) is 9.47 Å². The van der Waals surface area contributed by atoms with E-state index in [1.54, 1.807) is 19.1 Å². The third-order valence-corrected chi connectivity index (χ3v) is 3.34. The second-order valence-electron chi connectivity index (χ2n) is 4.24. The van der Waals surface area contributed by atoms with E-state index >= 15 is 0 Å². The zero-order valence-corrected chi connectivity index (χ0v) is 13.2. The minimum absolute atomic E-state index is 0.00731. The van der Waals surface area contributed by atoms with Gasteiger partial charge >= 0.3 is 0 Å². The number of ether oxygens (including phenoxy) is 2. The molecule has 0 radical (unpaired) electrons. The molecule has 4 nitrogen and oxygen atoms in total. The molecule has 0 saturated heterocycles. The summed E-state index contributed by atoms with van der Waals surface area (Å²) in [5.41, 5.74) is 1.68. The number of hydrogen-bond donors (Lipinski definition) is 0. The first-order valence-corrected chi connectivity index (χ1v) is 6.92. The topological polar surface area (TPSA) is 38.8 Å². The molecule has 0 spiro atoms. The molecule has 0 N–H and O–H groups in total. The summed E-state index contributed by atoms with van der Waals surface area (Å²) in [6.07, 6.45) is 0. The van der Waals surface area contributed by atoms with Crippen LogP contribution in [-0.2, 0) is 9.47 Å². The van der Waals surface area contributed by atoms with Crippen LogP contribution in [0.5, 0.6) is 0 Å². The average Bonchev–Trinajstić information content (AvgIpc) is 2.41. The lowest BCUT2D eigenvalue weighted by Gasteiger charge is -2.23. The number of amides is 1. The maximum absolute atomic E-state index is 12.5. The molecular weight excluding hydrogens is 310 g/mol. The highest BCUT2D eigenvalue weighted by Gasteiger charge is 2.17. The van der Waals surface area contributed by atoms with Gasteiger partial charge in [0.25, 0.3) is 5.91 Å². The quantitative estimate of drug-likeness (QED) is 0.771. The van der Waals surface area contributed by atoms with E-state index in [0.717, 1.165) is 10.0 Å². The van der Waals surface area contributed by atoms with E-state index < -0.39 is 0 Å². The highest BCUT2D eigenvalue weighted by Crippen LogP contribution is 2.17. The molecule has 1 aromatic rings. The lowest BCUT2D eigenvalue weighted by molar-refractivity contribution is 0.0626. The predicted molar refractivity (Wildman–Crippen MR) is 78.5 cm³/mol. The summed E-state index contributed by atoms with van der Waals surface area (Å²) in [6.45, 7) is 4.09. The first kappa shape index (κ1) is 16.1. The third-order valence-electron chi connectivity index (χ3n) is 2.85. The van der Waals surface area contributed by atoms with Crippen molar-refractivity contribution in [3.8, 4) is 0 Å². The van der Waals surface area contributed by atoms with E-state index in [0.29, 0.717) is 31.9 Å². The SMILES string of the molecule is COCCN(CCOC)C(=O)c1cc(Br)ccc1C. The van der Waals surface area contributed by atoms with Gasteiger partial charge in [-0.1, -0.05) is 22.0 Å². The summed E-state index contributed by atoms with van der Waals surface area (Å²) in [5.74, 6) is 0.00731. The van der Waals surface area contributed by atoms with E-state index in [9.17, 15) is 4.79 Å². The summed E-state index contributed by atoms with van der Waals surface area (Å²) < 4.78 is 11.0. The maximum Gasteiger partial charge on any atom is 0.254 e. The Morgan fingerprint density at radius 2 is 1.79 bits per heavy atom. The summed E-state index contributed by atoms with van der Waals surface area (Å²) in [5, 5.41) is 0. The molecule has 0 aliphatic carbocycles. The van der Waals surface area contributed by atoms with Crippen LogP contribution in [0.4, 0.5) is 0 Å². The van der Waals surface area contributed by atoms with Gasteiger partial charge in [-0.25, -0.2) is 0 Å². The largest absolute Gasteiger partial charge is 0.383 e. The van der Waals surface area contributed by atoms with Crippen molar-refractivity contribution >= 4 is 21.8 Å². The van der Waals surface area contributed by atoms with Gasteiger partial charge in [-0.15, -0.1) is 0 Å². The van der Waals surface area contributed by atoms with Crippen molar-refractivity contribution < 1.29 is 14.3 Å². The standard InChI is InChI=1S/C14H20BrNO3/c1-11-4-5-12(15)10-13(11)14(17)16(6-8-18-2)7-9-19-3/h4-5,10H,6-9H2,1-3H3. The lowest BCUT2D eigenvalue weighted by atomic mass is 10.1. The van der Waals surface area contributed by atoms with Crippen molar-refractivity contribution in [3.63, 3.8) is 0 Å². The number of halogens is 1. The van der Waals surface area contributed by atoms with Crippen LogP contribution in [0, 0.1) is 6.92 Å². The number of methoxy groups -OCH3 is 2. The Hall–Kier alpha value is -0.910. The van der Waals surface area contributed by atoms with E-state index in [1.807, 2.05) is 25.1 Å². The van der Waals surface area contributed by atoms with E-state index in [-0.39, 0.29) is 5.91 Å². The van der Waals surface area contributed by atoms with Gasteiger partial charge in [-0.3, -0.25) is 4.79 Å². The number of hydrogen-bond acceptors (Lipinski definition) is 3. The van der Waals surface area contributed by atoms with Gasteiger partial charge in [0.1, 0.15) is 0 Å². The van der Waals surface area contributed by atoms with Gasteiger partial charge < -0.3 is 14.4 Å². The van der Waals surface area contributed by atoms with Crippen molar-refractivity contribution in [1.82, 2.24) is 4.90 Å². The molecule has 1 rings (SSSR count). The first-order valence-electron chi connectivity index (χ1n) is 6.13. The van der Waals surface area contributed by atoms with Crippen molar-refractivity contribution in [1.29, 1.82) is 0 Å². The number of aryl methyl sites for hydroxylation is 1. The van der Waals surface area contributed by atoms with Crippen LogP contribution >= 0.6 is 15.9 Å². The molecule has 0 aromatic heterocycles. The second-order valence-corrected chi connectivity index (χ2v) is 5.15. The molecule has 1 amide bonds. The Kier molecular flexibility index (Phi) is 7.05. The Labute approximate surface area is 122 Å². The summed E-state index contributed by atoms with van der Waals surface area (Å²) in [6, 6.07) is 5.72. The van der Waals surface area contributed by atoms with E-state index in [1.165, 1.54) is 0 Å². The molecule has 0 fully saturated rings. The summed E-state index contributed by atoms with van der Waals surface area (Å²) in [7, 11) is 3.26. The van der Waals surface area contributed by atoms with Crippen molar-refractivity contribution in [2.75, 3.05) is 40.5 Å². The Morgan fingerprint density at radius 3 is 2.32 bits per heavy atom. The third kappa shape index (κ3) is 4.93. The van der Waals surface area contributed by atoms with Crippen molar-refractivity contribution in [2.24, 2.45) is 0 Å². The maximum atomic E-state index is 12.5. The zero-order valence-electron chi connectivity index (χ0n) is 11.6. The second kappa shape index (κ2) is 8.30. The molecule has 5 heteroatoms. The molecule has 0 saturated carbocycles. The molecule has 0 atom stereocenters. The molecule has 0 aliphatic rings. The zero-order chi connectivity index (χ0) is 14.3. The molecule has 19 heavy (non-hydrogen) atoms. The molecule has 0 unspecified atom stereocenters. The van der Waals surface area contributed by atoms with Gasteiger partial charge in [0.15, 0.2) is 0 Å². The van der Waals surface area contributed by atoms with Gasteiger partial charge in [-0.05, 0) is 24.6 Å². The number of benzene rings is 1. The van der Waals surface area contributed by atoms with Crippen LogP contribution in [0.3, 0.4) is 0 Å². The number of carbonyl (C=O) groups excluding carboxylic acids is 1. The van der Waals surface area contributed by atoms with Gasteiger partial charge in [-0.2, -0.15) is 0 Å². The molecule has 0 bridgehead atoms. The van der Waals surface area contributed by atoms with E-state index in [2.05, 4.69) is 15.9 Å². The van der Waals surface area contributed by atoms with Crippen LogP contribution in [-0.4, -0.2) is 51.3 Å². The van der Waals surface area contributed by atoms with Gasteiger partial charge in [0.05, 0.1) is 13.2 Å². The first-order chi connectivity index (χ1) is 9.10. The normalized spacial score (nSPS) is 10.5. The average molecular weight is 330 g/mol. The summed E-state index contributed by atoms with van der Waals surface area (Å²) in [4.78, 5) is 14.3. The molecular formula is C14H20BrNO3. The minimum Gasteiger partial charge on any atom is -0.383 e. The fraction of sp³-hybridized carbons (Fsp3) is 0.500. The van der Waals surface area contributed by atoms with Crippen LogP contribution < -0.4 is 0 Å². The Balaban J connectivity index is 2.87. The number of rotatable bonds is 7. The highest BCUT2D eigenvalue weighted by atomic mass is 79.9. The minimum atomic E-state index is 0.00731. The molecule has 1 aromatic carbocycles. The number of nitrogens with zero attached hydrogens (tertiary/aromatic N) is 1. The Bertz CT molecular complexity index is 415. The fourth-order valence-electron chi connectivity index (χ4n) is 1.71. The van der Waals surface area contributed by atoms with Crippen LogP contribution in [0.2, 0.25) is 0 Å². The molecule has 0 heterocycles. The predicted octanol–water partition coefficient (Wildman–Crippen LogP) is 2.49. The number of carbonyl (C=O) groups is 1. The van der Waals surface area contributed by atoms with Crippen LogP contribution in [0.25, 0.3) is 0 Å². The van der Waals surface area contributed by atoms with Crippen LogP contribution in [0.15, 0.2) is 22.7 Å². The Morgan fingerprint density at radius 1 is 1.21 bits per heavy atom. The smallest absolute Gasteiger partial charge is 0.254 e. The molecule has 0 aliphatic heterocycles. The monoisotopic (exact) mass is 329 g/mol. The van der Waals surface area contributed by atoms with Crippen molar-refractivity contribution in [2.45, 2.75) is 6.92 Å². The van der Waals surface area contributed by atoms with Gasteiger partial charge in [0.2, 0.25) is 0 Å².